The highest BCUT2D eigenvalue weighted by molar-refractivity contribution is 5.75. The zero-order valence-corrected chi connectivity index (χ0v) is 11.0. The van der Waals surface area contributed by atoms with Crippen LogP contribution in [0, 0.1) is 0 Å². The van der Waals surface area contributed by atoms with E-state index in [4.69, 9.17) is 10.2 Å². The Kier molecular flexibility index (Phi) is 3.66. The lowest BCUT2D eigenvalue weighted by atomic mass is 10.0. The molecule has 0 aromatic carbocycles. The molecule has 0 unspecified atom stereocenters. The van der Waals surface area contributed by atoms with Gasteiger partial charge in [-0.15, -0.1) is 5.10 Å². The second-order valence-corrected chi connectivity index (χ2v) is 4.88. The zero-order chi connectivity index (χ0) is 13.9. The summed E-state index contributed by atoms with van der Waals surface area (Å²) in [6.07, 6.45) is 3.24. The first-order valence-electron chi connectivity index (χ1n) is 5.94. The second-order valence-electron chi connectivity index (χ2n) is 4.88. The minimum absolute atomic E-state index is 0.101. The largest absolute Gasteiger partial charge is 0.467 e. The molecule has 7 heteroatoms. The lowest BCUT2D eigenvalue weighted by Crippen LogP contribution is -2.29. The highest BCUT2D eigenvalue weighted by Gasteiger charge is 2.18. The summed E-state index contributed by atoms with van der Waals surface area (Å²) >= 11 is 0. The maximum Gasteiger partial charge on any atom is 0.242 e. The Balaban J connectivity index is 1.87. The topological polar surface area (TPSA) is 99.0 Å². The van der Waals surface area contributed by atoms with E-state index in [-0.39, 0.29) is 12.5 Å². The van der Waals surface area contributed by atoms with Gasteiger partial charge < -0.3 is 15.5 Å². The summed E-state index contributed by atoms with van der Waals surface area (Å²) < 4.78 is 6.58. The summed E-state index contributed by atoms with van der Waals surface area (Å²) in [6.45, 7) is 4.12. The Bertz CT molecular complexity index is 539. The Morgan fingerprint density at radius 2 is 2.37 bits per heavy atom. The zero-order valence-electron chi connectivity index (χ0n) is 11.0. The predicted octanol–water partition coefficient (Wildman–Crippen LogP) is 0.381. The molecule has 0 radical (unpaired) electrons. The van der Waals surface area contributed by atoms with Crippen LogP contribution < -0.4 is 11.1 Å². The number of amides is 1. The van der Waals surface area contributed by atoms with Crippen molar-refractivity contribution >= 4 is 5.91 Å². The molecule has 2 aromatic rings. The number of nitrogens with two attached hydrogens (primary N) is 1. The van der Waals surface area contributed by atoms with Gasteiger partial charge in [0.2, 0.25) is 5.91 Å². The Labute approximate surface area is 110 Å². The van der Waals surface area contributed by atoms with Crippen molar-refractivity contribution in [3.05, 3.63) is 36.0 Å². The van der Waals surface area contributed by atoms with Gasteiger partial charge in [-0.1, -0.05) is 5.21 Å². The predicted molar refractivity (Wildman–Crippen MR) is 67.8 cm³/mol. The standard InChI is InChI=1S/C12H17N5O2/c1-12(2,13)10-7-17(16-15-10)8-11(18)14-6-9-4-3-5-19-9/h3-5,7H,6,8,13H2,1-2H3,(H,14,18). The van der Waals surface area contributed by atoms with Crippen LogP contribution in [0.4, 0.5) is 0 Å². The Hall–Kier alpha value is -2.15. The monoisotopic (exact) mass is 263 g/mol. The highest BCUT2D eigenvalue weighted by Crippen LogP contribution is 2.12. The summed E-state index contributed by atoms with van der Waals surface area (Å²) in [5.74, 6) is 0.540. The van der Waals surface area contributed by atoms with Crippen LogP contribution in [-0.2, 0) is 23.4 Å². The van der Waals surface area contributed by atoms with Gasteiger partial charge in [-0.3, -0.25) is 4.79 Å². The van der Waals surface area contributed by atoms with Crippen LogP contribution in [0.15, 0.2) is 29.0 Å². The average Bonchev–Trinajstić information content (AvgIpc) is 2.95. The molecular formula is C12H17N5O2. The summed E-state index contributed by atoms with van der Waals surface area (Å²) in [5.41, 5.74) is 5.97. The van der Waals surface area contributed by atoms with Crippen molar-refractivity contribution in [2.75, 3.05) is 0 Å². The fraction of sp³-hybridized carbons (Fsp3) is 0.417. The van der Waals surface area contributed by atoms with E-state index < -0.39 is 5.54 Å². The van der Waals surface area contributed by atoms with E-state index in [1.165, 1.54) is 4.68 Å². The normalized spacial score (nSPS) is 11.5. The second kappa shape index (κ2) is 5.23. The quantitative estimate of drug-likeness (QED) is 0.812. The third-order valence-electron chi connectivity index (χ3n) is 2.54. The molecule has 0 aliphatic heterocycles. The van der Waals surface area contributed by atoms with E-state index in [1.54, 1.807) is 24.6 Å². The minimum atomic E-state index is -0.567. The minimum Gasteiger partial charge on any atom is -0.467 e. The van der Waals surface area contributed by atoms with Crippen molar-refractivity contribution in [3.8, 4) is 0 Å². The van der Waals surface area contributed by atoms with E-state index in [2.05, 4.69) is 15.6 Å². The van der Waals surface area contributed by atoms with Crippen molar-refractivity contribution < 1.29 is 9.21 Å². The van der Waals surface area contributed by atoms with Gasteiger partial charge >= 0.3 is 0 Å². The molecular weight excluding hydrogens is 246 g/mol. The lowest BCUT2D eigenvalue weighted by Gasteiger charge is -2.13. The molecule has 102 valence electrons. The number of hydrogen-bond donors (Lipinski definition) is 2. The molecule has 2 aromatic heterocycles. The SMILES string of the molecule is CC(C)(N)c1cn(CC(=O)NCc2ccco2)nn1. The summed E-state index contributed by atoms with van der Waals surface area (Å²) in [4.78, 5) is 11.7. The summed E-state index contributed by atoms with van der Waals surface area (Å²) in [5, 5.41) is 10.5. The van der Waals surface area contributed by atoms with Crippen LogP contribution in [0.2, 0.25) is 0 Å². The number of hydrogen-bond acceptors (Lipinski definition) is 5. The first kappa shape index (κ1) is 13.3. The number of carbonyl (C=O) groups is 1. The van der Waals surface area contributed by atoms with Crippen molar-refractivity contribution in [1.29, 1.82) is 0 Å². The molecule has 3 N–H and O–H groups in total. The number of nitrogens with one attached hydrogen (secondary N) is 1. The summed E-state index contributed by atoms with van der Waals surface area (Å²) in [7, 11) is 0. The molecule has 1 amide bonds. The van der Waals surface area contributed by atoms with Crippen molar-refractivity contribution in [1.82, 2.24) is 20.3 Å². The molecule has 0 aliphatic rings. The van der Waals surface area contributed by atoms with Crippen LogP contribution in [-0.4, -0.2) is 20.9 Å². The number of rotatable bonds is 5. The number of nitrogens with zero attached hydrogens (tertiary/aromatic N) is 3. The van der Waals surface area contributed by atoms with Gasteiger partial charge in [-0.05, 0) is 26.0 Å². The third kappa shape index (κ3) is 3.65. The summed E-state index contributed by atoms with van der Waals surface area (Å²) in [6, 6.07) is 3.57. The maximum atomic E-state index is 11.7. The number of carbonyl (C=O) groups excluding carboxylic acids is 1. The fourth-order valence-electron chi connectivity index (χ4n) is 1.47. The van der Waals surface area contributed by atoms with Gasteiger partial charge in [-0.25, -0.2) is 4.68 Å². The van der Waals surface area contributed by atoms with Gasteiger partial charge in [0.15, 0.2) is 0 Å². The number of aromatic nitrogens is 3. The van der Waals surface area contributed by atoms with Crippen molar-refractivity contribution in [3.63, 3.8) is 0 Å². The molecule has 2 rings (SSSR count). The smallest absolute Gasteiger partial charge is 0.242 e. The van der Waals surface area contributed by atoms with Gasteiger partial charge in [0, 0.05) is 0 Å². The first-order chi connectivity index (χ1) is 8.95. The van der Waals surface area contributed by atoms with E-state index in [0.717, 1.165) is 0 Å². The lowest BCUT2D eigenvalue weighted by molar-refractivity contribution is -0.122. The van der Waals surface area contributed by atoms with E-state index >= 15 is 0 Å². The highest BCUT2D eigenvalue weighted by atomic mass is 16.3. The molecule has 0 saturated carbocycles. The van der Waals surface area contributed by atoms with Crippen LogP contribution in [0.1, 0.15) is 25.3 Å². The molecule has 0 aliphatic carbocycles. The number of furan rings is 1. The third-order valence-corrected chi connectivity index (χ3v) is 2.54. The van der Waals surface area contributed by atoms with Gasteiger partial charge in [-0.2, -0.15) is 0 Å². The van der Waals surface area contributed by atoms with Crippen LogP contribution >= 0.6 is 0 Å². The maximum absolute atomic E-state index is 11.7. The van der Waals surface area contributed by atoms with Gasteiger partial charge in [0.25, 0.3) is 0 Å². The molecule has 0 saturated heterocycles. The van der Waals surface area contributed by atoms with Crippen molar-refractivity contribution in [2.45, 2.75) is 32.5 Å². The molecule has 19 heavy (non-hydrogen) atoms. The van der Waals surface area contributed by atoms with Crippen molar-refractivity contribution in [2.24, 2.45) is 5.73 Å². The van der Waals surface area contributed by atoms with E-state index in [9.17, 15) is 4.79 Å². The van der Waals surface area contributed by atoms with Crippen LogP contribution in [0.3, 0.4) is 0 Å². The van der Waals surface area contributed by atoms with Gasteiger partial charge in [0.05, 0.1) is 24.5 Å². The molecule has 7 nitrogen and oxygen atoms in total. The Morgan fingerprint density at radius 1 is 1.58 bits per heavy atom. The molecule has 0 fully saturated rings. The van der Waals surface area contributed by atoms with E-state index in [1.807, 2.05) is 13.8 Å². The fourth-order valence-corrected chi connectivity index (χ4v) is 1.47. The molecule has 0 spiro atoms. The van der Waals surface area contributed by atoms with Crippen LogP contribution in [0.5, 0.6) is 0 Å². The molecule has 2 heterocycles. The first-order valence-corrected chi connectivity index (χ1v) is 5.94. The molecule has 0 bridgehead atoms. The molecule has 0 atom stereocenters. The average molecular weight is 263 g/mol. The Morgan fingerprint density at radius 3 is 2.95 bits per heavy atom. The van der Waals surface area contributed by atoms with E-state index in [0.29, 0.717) is 18.0 Å². The van der Waals surface area contributed by atoms with Crippen LogP contribution in [0.25, 0.3) is 0 Å². The van der Waals surface area contributed by atoms with Gasteiger partial charge in [0.1, 0.15) is 18.0 Å².